The van der Waals surface area contributed by atoms with Crippen molar-refractivity contribution in [2.75, 3.05) is 6.54 Å². The first-order valence-corrected chi connectivity index (χ1v) is 10.3. The van der Waals surface area contributed by atoms with E-state index in [9.17, 15) is 4.79 Å². The number of hydrogen-bond donors (Lipinski definition) is 1. The molecule has 0 radical (unpaired) electrons. The van der Waals surface area contributed by atoms with E-state index < -0.39 is 0 Å². The van der Waals surface area contributed by atoms with Crippen LogP contribution in [0.5, 0.6) is 0 Å². The molecule has 5 nitrogen and oxygen atoms in total. The molecule has 0 spiro atoms. The highest BCUT2D eigenvalue weighted by Crippen LogP contribution is 2.20. The minimum atomic E-state index is -0.0919. The van der Waals surface area contributed by atoms with Crippen molar-refractivity contribution in [1.29, 1.82) is 0 Å². The van der Waals surface area contributed by atoms with Crippen molar-refractivity contribution in [2.24, 2.45) is 0 Å². The maximum absolute atomic E-state index is 12.2. The summed E-state index contributed by atoms with van der Waals surface area (Å²) in [6.45, 7) is 1.55. The monoisotopic (exact) mass is 386 g/mol. The third-order valence-electron chi connectivity index (χ3n) is 5.25. The summed E-state index contributed by atoms with van der Waals surface area (Å²) in [6.07, 6.45) is 8.76. The third kappa shape index (κ3) is 4.99. The lowest BCUT2D eigenvalue weighted by Gasteiger charge is -2.07. The zero-order valence-electron chi connectivity index (χ0n) is 16.6. The molecule has 3 aromatic rings. The van der Waals surface area contributed by atoms with E-state index in [1.165, 1.54) is 24.8 Å². The van der Waals surface area contributed by atoms with Gasteiger partial charge in [0.15, 0.2) is 0 Å². The van der Waals surface area contributed by atoms with Crippen molar-refractivity contribution < 1.29 is 4.79 Å². The topological polar surface area (TPSA) is 59.8 Å². The summed E-state index contributed by atoms with van der Waals surface area (Å²) in [5, 5.41) is 11.6. The van der Waals surface area contributed by atoms with E-state index in [4.69, 9.17) is 0 Å². The third-order valence-corrected chi connectivity index (χ3v) is 5.25. The minimum absolute atomic E-state index is 0.0919. The normalized spacial score (nSPS) is 13.8. The van der Waals surface area contributed by atoms with Gasteiger partial charge in [0, 0.05) is 32.0 Å². The number of fused-ring (bicyclic) bond motifs is 1. The fraction of sp³-hybridized carbons (Fsp3) is 0.292. The maximum Gasteiger partial charge on any atom is 0.244 e. The van der Waals surface area contributed by atoms with Gasteiger partial charge in [-0.15, -0.1) is 10.2 Å². The zero-order valence-corrected chi connectivity index (χ0v) is 16.6. The Morgan fingerprint density at radius 2 is 1.86 bits per heavy atom. The first-order valence-electron chi connectivity index (χ1n) is 10.3. The number of benzene rings is 2. The molecule has 1 aliphatic heterocycles. The van der Waals surface area contributed by atoms with Crippen LogP contribution in [0.2, 0.25) is 0 Å². The Labute approximate surface area is 171 Å². The van der Waals surface area contributed by atoms with Crippen molar-refractivity contribution in [3.8, 4) is 11.1 Å². The highest BCUT2D eigenvalue weighted by molar-refractivity contribution is 5.91. The molecule has 4 rings (SSSR count). The van der Waals surface area contributed by atoms with Gasteiger partial charge in [-0.3, -0.25) is 4.79 Å². The number of rotatable bonds is 6. The number of aryl methyl sites for hydroxylation is 1. The molecule has 1 amide bonds. The predicted molar refractivity (Wildman–Crippen MR) is 115 cm³/mol. The van der Waals surface area contributed by atoms with Crippen LogP contribution < -0.4 is 5.32 Å². The van der Waals surface area contributed by atoms with Crippen LogP contribution in [0.3, 0.4) is 0 Å². The van der Waals surface area contributed by atoms with E-state index >= 15 is 0 Å². The van der Waals surface area contributed by atoms with Gasteiger partial charge >= 0.3 is 0 Å². The SMILES string of the molecule is O=C(C=Cc1cccc(-c2ccccc2)c1)NCCc1nnc2n1CCCCC2. The van der Waals surface area contributed by atoms with Gasteiger partial charge in [0.1, 0.15) is 11.6 Å². The lowest BCUT2D eigenvalue weighted by Crippen LogP contribution is -2.24. The molecule has 0 atom stereocenters. The molecule has 29 heavy (non-hydrogen) atoms. The van der Waals surface area contributed by atoms with Gasteiger partial charge < -0.3 is 9.88 Å². The Balaban J connectivity index is 1.31. The van der Waals surface area contributed by atoms with E-state index in [2.05, 4.69) is 44.3 Å². The first kappa shape index (κ1) is 19.1. The second kappa shape index (κ2) is 9.32. The standard InChI is InChI=1S/C24H26N4O/c29-24(25-16-15-23-27-26-22-12-5-2-6-17-28(22)23)14-13-19-8-7-11-21(18-19)20-9-3-1-4-10-20/h1,3-4,7-11,13-14,18H,2,5-6,12,15-17H2,(H,25,29). The molecular weight excluding hydrogens is 360 g/mol. The van der Waals surface area contributed by atoms with E-state index in [0.717, 1.165) is 35.7 Å². The first-order chi connectivity index (χ1) is 14.3. The number of carbonyl (C=O) groups excluding carboxylic acids is 1. The molecule has 1 aliphatic rings. The van der Waals surface area contributed by atoms with Gasteiger partial charge in [0.25, 0.3) is 0 Å². The van der Waals surface area contributed by atoms with Crippen LogP contribution in [0, 0.1) is 0 Å². The number of nitrogens with zero attached hydrogens (tertiary/aromatic N) is 3. The number of hydrogen-bond acceptors (Lipinski definition) is 3. The Hall–Kier alpha value is -3.21. The molecule has 2 heterocycles. The molecular formula is C24H26N4O. The van der Waals surface area contributed by atoms with Gasteiger partial charge in [0.2, 0.25) is 5.91 Å². The molecule has 0 unspecified atom stereocenters. The van der Waals surface area contributed by atoms with Crippen LogP contribution in [-0.2, 0) is 24.2 Å². The van der Waals surface area contributed by atoms with E-state index in [1.807, 2.05) is 36.4 Å². The smallest absolute Gasteiger partial charge is 0.244 e. The quantitative estimate of drug-likeness (QED) is 0.651. The summed E-state index contributed by atoms with van der Waals surface area (Å²) in [7, 11) is 0. The molecule has 1 aromatic heterocycles. The molecule has 0 fully saturated rings. The molecule has 2 aromatic carbocycles. The molecule has 0 saturated heterocycles. The van der Waals surface area contributed by atoms with E-state index in [0.29, 0.717) is 13.0 Å². The van der Waals surface area contributed by atoms with Crippen molar-refractivity contribution in [2.45, 2.75) is 38.6 Å². The highest BCUT2D eigenvalue weighted by atomic mass is 16.1. The van der Waals surface area contributed by atoms with Gasteiger partial charge in [-0.25, -0.2) is 0 Å². The predicted octanol–water partition coefficient (Wildman–Crippen LogP) is 4.04. The molecule has 0 saturated carbocycles. The Morgan fingerprint density at radius 3 is 2.76 bits per heavy atom. The largest absolute Gasteiger partial charge is 0.352 e. The summed E-state index contributed by atoms with van der Waals surface area (Å²) in [4.78, 5) is 12.2. The fourth-order valence-electron chi connectivity index (χ4n) is 3.71. The second-order valence-corrected chi connectivity index (χ2v) is 7.36. The minimum Gasteiger partial charge on any atom is -0.352 e. The Morgan fingerprint density at radius 1 is 1.00 bits per heavy atom. The van der Waals surface area contributed by atoms with Crippen LogP contribution in [-0.4, -0.2) is 27.2 Å². The van der Waals surface area contributed by atoms with Crippen LogP contribution in [0.25, 0.3) is 17.2 Å². The molecule has 1 N–H and O–H groups in total. The van der Waals surface area contributed by atoms with Crippen molar-refractivity contribution in [1.82, 2.24) is 20.1 Å². The highest BCUT2D eigenvalue weighted by Gasteiger charge is 2.14. The van der Waals surface area contributed by atoms with Crippen LogP contribution in [0.4, 0.5) is 0 Å². The van der Waals surface area contributed by atoms with Gasteiger partial charge in [-0.2, -0.15) is 0 Å². The van der Waals surface area contributed by atoms with Gasteiger partial charge in [0.05, 0.1) is 0 Å². The lowest BCUT2D eigenvalue weighted by molar-refractivity contribution is -0.116. The van der Waals surface area contributed by atoms with Crippen LogP contribution >= 0.6 is 0 Å². The summed E-state index contributed by atoms with van der Waals surface area (Å²) >= 11 is 0. The van der Waals surface area contributed by atoms with Crippen LogP contribution in [0.1, 0.15) is 36.5 Å². The second-order valence-electron chi connectivity index (χ2n) is 7.36. The number of aromatic nitrogens is 3. The average Bonchev–Trinajstić information content (AvgIpc) is 2.99. The summed E-state index contributed by atoms with van der Waals surface area (Å²) in [6, 6.07) is 18.4. The summed E-state index contributed by atoms with van der Waals surface area (Å²) in [5.74, 6) is 1.97. The van der Waals surface area contributed by atoms with Gasteiger partial charge in [-0.1, -0.05) is 55.0 Å². The summed E-state index contributed by atoms with van der Waals surface area (Å²) in [5.41, 5.74) is 3.31. The Bertz CT molecular complexity index is 991. The number of carbonyl (C=O) groups is 1. The molecule has 0 aliphatic carbocycles. The van der Waals surface area contributed by atoms with Crippen molar-refractivity contribution in [3.05, 3.63) is 77.9 Å². The van der Waals surface area contributed by atoms with E-state index in [-0.39, 0.29) is 5.91 Å². The van der Waals surface area contributed by atoms with Crippen molar-refractivity contribution >= 4 is 12.0 Å². The molecule has 0 bridgehead atoms. The fourth-order valence-corrected chi connectivity index (χ4v) is 3.71. The van der Waals surface area contributed by atoms with Crippen molar-refractivity contribution in [3.63, 3.8) is 0 Å². The lowest BCUT2D eigenvalue weighted by atomic mass is 10.0. The summed E-state index contributed by atoms with van der Waals surface area (Å²) < 4.78 is 2.23. The Kier molecular flexibility index (Phi) is 6.15. The van der Waals surface area contributed by atoms with Crippen LogP contribution in [0.15, 0.2) is 60.7 Å². The van der Waals surface area contributed by atoms with E-state index in [1.54, 1.807) is 6.08 Å². The molecule has 5 heteroatoms. The zero-order chi connectivity index (χ0) is 19.9. The average molecular weight is 386 g/mol. The number of nitrogens with one attached hydrogen (secondary N) is 1. The maximum atomic E-state index is 12.2. The molecule has 148 valence electrons. The van der Waals surface area contributed by atoms with Gasteiger partial charge in [-0.05, 0) is 41.7 Å². The number of amides is 1.